The molecule has 2 aromatic rings. The number of sulfone groups is 1. The molecule has 0 spiro atoms. The van der Waals surface area contributed by atoms with Gasteiger partial charge in [0.2, 0.25) is 5.78 Å². The smallest absolute Gasteiger partial charge is 0.204 e. The van der Waals surface area contributed by atoms with Crippen LogP contribution in [0.15, 0.2) is 35.4 Å². The van der Waals surface area contributed by atoms with Gasteiger partial charge in [-0.1, -0.05) is 23.5 Å². The molecule has 7 nitrogen and oxygen atoms in total. The molecule has 0 atom stereocenters. The maximum Gasteiger partial charge on any atom is 0.204 e. The van der Waals surface area contributed by atoms with Crippen LogP contribution < -0.4 is 4.90 Å². The van der Waals surface area contributed by atoms with Crippen LogP contribution in [-0.2, 0) is 14.6 Å². The first-order chi connectivity index (χ1) is 12.4. The van der Waals surface area contributed by atoms with Crippen LogP contribution in [0.5, 0.6) is 0 Å². The molecule has 1 aromatic heterocycles. The number of ketones is 1. The number of thiazole rings is 1. The molecular formula is C17H19N3O4S2. The topological polar surface area (TPSA) is 87.6 Å². The molecule has 0 aliphatic carbocycles. The van der Waals surface area contributed by atoms with E-state index in [9.17, 15) is 18.0 Å². The van der Waals surface area contributed by atoms with Crippen LogP contribution in [-0.4, -0.2) is 69.4 Å². The first-order valence-corrected chi connectivity index (χ1v) is 10.8. The minimum absolute atomic E-state index is 0.124. The number of nitrogens with zero attached hydrogens (tertiary/aromatic N) is 3. The quantitative estimate of drug-likeness (QED) is 0.536. The average Bonchev–Trinajstić information content (AvgIpc) is 3.11. The van der Waals surface area contributed by atoms with Crippen LogP contribution in [0.1, 0.15) is 15.2 Å². The van der Waals surface area contributed by atoms with E-state index in [0.29, 0.717) is 17.0 Å². The zero-order chi connectivity index (χ0) is 18.7. The Balaban J connectivity index is 1.74. The van der Waals surface area contributed by atoms with Gasteiger partial charge in [0.25, 0.3) is 0 Å². The van der Waals surface area contributed by atoms with Crippen molar-refractivity contribution in [3.63, 3.8) is 0 Å². The summed E-state index contributed by atoms with van der Waals surface area (Å²) in [6.45, 7) is 3.49. The highest BCUT2D eigenvalue weighted by Crippen LogP contribution is 2.26. The number of piperazine rings is 1. The number of anilines is 1. The molecule has 0 amide bonds. The molecule has 9 heteroatoms. The molecule has 26 heavy (non-hydrogen) atoms. The molecule has 1 aromatic carbocycles. The van der Waals surface area contributed by atoms with E-state index < -0.39 is 9.84 Å². The summed E-state index contributed by atoms with van der Waals surface area (Å²) in [5.41, 5.74) is 0.332. The van der Waals surface area contributed by atoms with E-state index in [1.54, 1.807) is 12.1 Å². The zero-order valence-corrected chi connectivity index (χ0v) is 15.9. The lowest BCUT2D eigenvalue weighted by Crippen LogP contribution is -2.46. The second-order valence-electron chi connectivity index (χ2n) is 6.09. The van der Waals surface area contributed by atoms with E-state index >= 15 is 0 Å². The number of aldehydes is 1. The average molecular weight is 393 g/mol. The number of aromatic nitrogens is 1. The van der Waals surface area contributed by atoms with Crippen LogP contribution in [0.3, 0.4) is 0 Å². The van der Waals surface area contributed by atoms with Gasteiger partial charge < -0.3 is 9.69 Å². The highest BCUT2D eigenvalue weighted by molar-refractivity contribution is 7.90. The van der Waals surface area contributed by atoms with Gasteiger partial charge in [-0.05, 0) is 12.1 Å². The fourth-order valence-electron chi connectivity index (χ4n) is 2.75. The molecule has 0 N–H and O–H groups in total. The number of hydrogen-bond acceptors (Lipinski definition) is 8. The van der Waals surface area contributed by atoms with Crippen LogP contribution in [0.4, 0.5) is 5.13 Å². The molecule has 3 rings (SSSR count). The molecule has 1 aliphatic rings. The summed E-state index contributed by atoms with van der Waals surface area (Å²) in [6, 6.07) is 6.05. The molecule has 1 saturated heterocycles. The summed E-state index contributed by atoms with van der Waals surface area (Å²) in [4.78, 5) is 32.4. The second-order valence-corrected chi connectivity index (χ2v) is 9.12. The number of hydrogen-bond donors (Lipinski definition) is 0. The first kappa shape index (κ1) is 18.7. The van der Waals surface area contributed by atoms with Crippen molar-refractivity contribution in [1.82, 2.24) is 9.88 Å². The molecule has 0 radical (unpaired) electrons. The van der Waals surface area contributed by atoms with E-state index in [0.717, 1.165) is 43.9 Å². The van der Waals surface area contributed by atoms with Crippen molar-refractivity contribution in [2.24, 2.45) is 0 Å². The minimum atomic E-state index is -3.37. The fraction of sp³-hybridized carbons (Fsp3) is 0.353. The third kappa shape index (κ3) is 4.17. The summed E-state index contributed by atoms with van der Waals surface area (Å²) in [5, 5.41) is 0.762. The number of rotatable bonds is 6. The van der Waals surface area contributed by atoms with Crippen LogP contribution >= 0.6 is 11.3 Å². The summed E-state index contributed by atoms with van der Waals surface area (Å²) in [5.74, 6) is -0.237. The summed E-state index contributed by atoms with van der Waals surface area (Å²) >= 11 is 1.30. The van der Waals surface area contributed by atoms with Crippen molar-refractivity contribution < 1.29 is 18.0 Å². The van der Waals surface area contributed by atoms with Gasteiger partial charge in [-0.15, -0.1) is 0 Å². The Kier molecular flexibility index (Phi) is 5.49. The second kappa shape index (κ2) is 7.65. The Morgan fingerprint density at radius 1 is 1.27 bits per heavy atom. The van der Waals surface area contributed by atoms with Crippen LogP contribution in [0.2, 0.25) is 0 Å². The maximum atomic E-state index is 12.7. The van der Waals surface area contributed by atoms with Gasteiger partial charge in [-0.3, -0.25) is 9.69 Å². The third-order valence-electron chi connectivity index (χ3n) is 4.22. The van der Waals surface area contributed by atoms with E-state index in [2.05, 4.69) is 14.8 Å². The van der Waals surface area contributed by atoms with Crippen molar-refractivity contribution in [2.75, 3.05) is 43.9 Å². The molecule has 1 fully saturated rings. The third-order valence-corrected chi connectivity index (χ3v) is 6.38. The van der Waals surface area contributed by atoms with Crippen molar-refractivity contribution in [3.8, 4) is 0 Å². The first-order valence-electron chi connectivity index (χ1n) is 8.10. The number of carbonyl (C=O) groups is 2. The van der Waals surface area contributed by atoms with Crippen molar-refractivity contribution in [3.05, 3.63) is 40.9 Å². The Labute approximate surface area is 156 Å². The summed E-state index contributed by atoms with van der Waals surface area (Å²) in [6.07, 6.45) is 3.55. The predicted molar refractivity (Wildman–Crippen MR) is 99.8 cm³/mol. The lowest BCUT2D eigenvalue weighted by molar-refractivity contribution is -0.108. The predicted octanol–water partition coefficient (Wildman–Crippen LogP) is 1.10. The van der Waals surface area contributed by atoms with Crippen LogP contribution in [0, 0.1) is 0 Å². The highest BCUT2D eigenvalue weighted by atomic mass is 32.2. The largest absolute Gasteiger partial charge is 0.346 e. The highest BCUT2D eigenvalue weighted by Gasteiger charge is 2.21. The summed E-state index contributed by atoms with van der Waals surface area (Å²) < 4.78 is 23.3. The van der Waals surface area contributed by atoms with Gasteiger partial charge in [-0.25, -0.2) is 13.4 Å². The Bertz CT molecular complexity index is 916. The molecule has 1 aliphatic heterocycles. The van der Waals surface area contributed by atoms with Gasteiger partial charge in [0, 0.05) is 38.0 Å². The molecular weight excluding hydrogens is 374 g/mol. The zero-order valence-electron chi connectivity index (χ0n) is 14.3. The van der Waals surface area contributed by atoms with E-state index in [1.165, 1.54) is 29.7 Å². The number of benzene rings is 1. The maximum absolute atomic E-state index is 12.7. The Morgan fingerprint density at radius 3 is 2.65 bits per heavy atom. The lowest BCUT2D eigenvalue weighted by atomic mass is 10.1. The number of carbonyl (C=O) groups excluding carboxylic acids is 2. The van der Waals surface area contributed by atoms with Crippen molar-refractivity contribution in [2.45, 2.75) is 4.90 Å². The van der Waals surface area contributed by atoms with Gasteiger partial charge >= 0.3 is 0 Å². The van der Waals surface area contributed by atoms with Crippen molar-refractivity contribution in [1.29, 1.82) is 0 Å². The monoisotopic (exact) mass is 393 g/mol. The van der Waals surface area contributed by atoms with E-state index in [4.69, 9.17) is 0 Å². The Morgan fingerprint density at radius 2 is 2.00 bits per heavy atom. The van der Waals surface area contributed by atoms with E-state index in [-0.39, 0.29) is 10.7 Å². The van der Waals surface area contributed by atoms with Gasteiger partial charge in [0.05, 0.1) is 22.5 Å². The molecule has 0 unspecified atom stereocenters. The lowest BCUT2D eigenvalue weighted by Gasteiger charge is -2.33. The fourth-order valence-corrected chi connectivity index (χ4v) is 4.35. The minimum Gasteiger partial charge on any atom is -0.346 e. The SMILES string of the molecule is CS(=O)(=O)c1cccc(C(=O)c2cnc(N3CCN(CC=O)CC3)s2)c1. The molecule has 138 valence electrons. The van der Waals surface area contributed by atoms with E-state index in [1.807, 2.05) is 0 Å². The standard InChI is InChI=1S/C17H19N3O4S2/c1-26(23,24)14-4-2-3-13(11-14)16(22)15-12-18-17(25-15)20-7-5-19(6-8-20)9-10-21/h2-4,10-12H,5-9H2,1H3. The molecule has 0 saturated carbocycles. The summed E-state index contributed by atoms with van der Waals surface area (Å²) in [7, 11) is -3.37. The molecule has 2 heterocycles. The Hall–Kier alpha value is -2.10. The molecule has 0 bridgehead atoms. The normalized spacial score (nSPS) is 15.8. The van der Waals surface area contributed by atoms with Gasteiger partial charge in [0.15, 0.2) is 15.0 Å². The van der Waals surface area contributed by atoms with Crippen LogP contribution in [0.25, 0.3) is 0 Å². The van der Waals surface area contributed by atoms with Gasteiger partial charge in [0.1, 0.15) is 6.29 Å². The van der Waals surface area contributed by atoms with Crippen molar-refractivity contribution >= 4 is 38.4 Å². The van der Waals surface area contributed by atoms with Gasteiger partial charge in [-0.2, -0.15) is 0 Å².